The lowest BCUT2D eigenvalue weighted by Gasteiger charge is -2.37. The summed E-state index contributed by atoms with van der Waals surface area (Å²) in [6, 6.07) is 15.2. The molecule has 15 nitrogen and oxygen atoms in total. The van der Waals surface area contributed by atoms with E-state index in [9.17, 15) is 27.6 Å². The fourth-order valence-corrected chi connectivity index (χ4v) is 8.05. The van der Waals surface area contributed by atoms with Crippen molar-refractivity contribution in [3.8, 4) is 11.5 Å². The Balaban J connectivity index is 1.33. The van der Waals surface area contributed by atoms with Gasteiger partial charge in [-0.15, -0.1) is 0 Å². The van der Waals surface area contributed by atoms with Gasteiger partial charge in [-0.3, -0.25) is 19.3 Å². The van der Waals surface area contributed by atoms with Crippen LogP contribution in [0.3, 0.4) is 0 Å². The summed E-state index contributed by atoms with van der Waals surface area (Å²) in [4.78, 5) is 57.3. The molecule has 302 valence electrons. The summed E-state index contributed by atoms with van der Waals surface area (Å²) in [5, 5.41) is 10.1. The number of ether oxygens (including phenoxy) is 2. The van der Waals surface area contributed by atoms with Crippen molar-refractivity contribution in [3.05, 3.63) is 77.4 Å². The maximum absolute atomic E-state index is 14.3. The van der Waals surface area contributed by atoms with Gasteiger partial charge < -0.3 is 29.4 Å². The van der Waals surface area contributed by atoms with Crippen LogP contribution in [0.1, 0.15) is 63.0 Å². The molecule has 3 aromatic rings. The van der Waals surface area contributed by atoms with E-state index in [0.29, 0.717) is 34.9 Å². The SMILES string of the molecule is COc1cc2c(cc1O[Si](C)(C)C(C)(C)C)N(C(=O)OCc1ccc(NC(=O)[C@H](C)NC(=O)[C@@H](NS(N)(=O)=O)C(C)C)cc1)C[C@@H]1Cc3ccccc3N1C2=O. The van der Waals surface area contributed by atoms with E-state index in [2.05, 4.69) is 49.2 Å². The lowest BCUT2D eigenvalue weighted by molar-refractivity contribution is -0.128. The summed E-state index contributed by atoms with van der Waals surface area (Å²) >= 11 is 0. The molecule has 5 N–H and O–H groups in total. The zero-order chi connectivity index (χ0) is 41.3. The molecule has 0 saturated heterocycles. The Morgan fingerprint density at radius 3 is 2.23 bits per heavy atom. The first-order valence-electron chi connectivity index (χ1n) is 18.4. The van der Waals surface area contributed by atoms with Crippen LogP contribution in [-0.4, -0.2) is 72.3 Å². The van der Waals surface area contributed by atoms with Crippen LogP contribution in [0.4, 0.5) is 21.9 Å². The van der Waals surface area contributed by atoms with Gasteiger partial charge in [-0.05, 0) is 72.8 Å². The number of hydrogen-bond acceptors (Lipinski definition) is 9. The molecule has 3 atom stereocenters. The van der Waals surface area contributed by atoms with Crippen LogP contribution in [0.2, 0.25) is 18.1 Å². The van der Waals surface area contributed by atoms with E-state index in [-0.39, 0.29) is 35.7 Å². The first kappa shape index (κ1) is 42.2. The van der Waals surface area contributed by atoms with Crippen molar-refractivity contribution >= 4 is 59.4 Å². The first-order valence-corrected chi connectivity index (χ1v) is 22.8. The monoisotopic (exact) mass is 808 g/mol. The van der Waals surface area contributed by atoms with Gasteiger partial charge in [0.1, 0.15) is 24.4 Å². The number of methoxy groups -OCH3 is 1. The van der Waals surface area contributed by atoms with Crippen molar-refractivity contribution in [2.45, 2.75) is 90.8 Å². The fourth-order valence-electron chi connectivity index (χ4n) is 6.30. The third-order valence-corrected chi connectivity index (χ3v) is 15.4. The number of hydrogen-bond donors (Lipinski definition) is 4. The van der Waals surface area contributed by atoms with Gasteiger partial charge in [0.15, 0.2) is 5.75 Å². The van der Waals surface area contributed by atoms with Crippen molar-refractivity contribution in [1.82, 2.24) is 10.0 Å². The van der Waals surface area contributed by atoms with Crippen LogP contribution < -0.4 is 39.5 Å². The summed E-state index contributed by atoms with van der Waals surface area (Å²) in [6.07, 6.45) is -0.0939. The number of anilines is 3. The molecule has 0 unspecified atom stereocenters. The lowest BCUT2D eigenvalue weighted by Crippen LogP contribution is -2.54. The number of nitrogens with zero attached hydrogens (tertiary/aromatic N) is 2. The number of para-hydroxylation sites is 1. The minimum absolute atomic E-state index is 0.106. The normalized spacial score (nSPS) is 16.6. The number of rotatable bonds is 12. The number of carbonyl (C=O) groups excluding carboxylic acids is 4. The Bertz CT molecular complexity index is 2100. The molecule has 56 heavy (non-hydrogen) atoms. The van der Waals surface area contributed by atoms with Crippen LogP contribution in [0, 0.1) is 5.92 Å². The van der Waals surface area contributed by atoms with E-state index in [1.54, 1.807) is 55.1 Å². The molecule has 0 bridgehead atoms. The predicted molar refractivity (Wildman–Crippen MR) is 217 cm³/mol. The fraction of sp³-hybridized carbons (Fsp3) is 0.436. The van der Waals surface area contributed by atoms with E-state index in [1.165, 1.54) is 18.9 Å². The van der Waals surface area contributed by atoms with Crippen molar-refractivity contribution < 1.29 is 41.5 Å². The summed E-state index contributed by atoms with van der Waals surface area (Å²) in [5.74, 6) is -1.09. The van der Waals surface area contributed by atoms with Gasteiger partial charge in [0.2, 0.25) is 11.8 Å². The Hall–Kier alpha value is -4.97. The number of nitrogens with two attached hydrogens (primary N) is 1. The number of fused-ring (bicyclic) bond motifs is 4. The maximum atomic E-state index is 14.3. The Morgan fingerprint density at radius 2 is 1.62 bits per heavy atom. The van der Waals surface area contributed by atoms with E-state index < -0.39 is 54.4 Å². The number of amides is 4. The second-order valence-corrected chi connectivity index (χ2v) is 22.1. The van der Waals surface area contributed by atoms with Gasteiger partial charge in [0.25, 0.3) is 24.4 Å². The third-order valence-electron chi connectivity index (χ3n) is 10.5. The highest BCUT2D eigenvalue weighted by Crippen LogP contribution is 2.45. The van der Waals surface area contributed by atoms with Gasteiger partial charge in [-0.2, -0.15) is 13.1 Å². The van der Waals surface area contributed by atoms with Crippen molar-refractivity contribution in [1.29, 1.82) is 0 Å². The zero-order valence-electron chi connectivity index (χ0n) is 33.3. The summed E-state index contributed by atoms with van der Waals surface area (Å²) < 4.78 is 43.4. The highest BCUT2D eigenvalue weighted by Gasteiger charge is 2.44. The molecule has 2 aliphatic heterocycles. The second kappa shape index (κ2) is 16.2. The number of benzene rings is 3. The molecule has 0 radical (unpaired) electrons. The van der Waals surface area contributed by atoms with Crippen LogP contribution in [0.25, 0.3) is 0 Å². The van der Waals surface area contributed by atoms with Crippen LogP contribution >= 0.6 is 0 Å². The minimum atomic E-state index is -4.15. The minimum Gasteiger partial charge on any atom is -0.541 e. The molecule has 5 rings (SSSR count). The maximum Gasteiger partial charge on any atom is 0.414 e. The molecule has 0 saturated carbocycles. The van der Waals surface area contributed by atoms with Crippen LogP contribution in [0.15, 0.2) is 60.7 Å². The molecule has 0 fully saturated rings. The summed E-state index contributed by atoms with van der Waals surface area (Å²) in [5.41, 5.74) is 3.50. The summed E-state index contributed by atoms with van der Waals surface area (Å²) in [7, 11) is -5.00. The van der Waals surface area contributed by atoms with E-state index in [4.69, 9.17) is 19.0 Å². The molecule has 0 aromatic heterocycles. The molecule has 2 aliphatic rings. The molecular weight excluding hydrogens is 757 g/mol. The third kappa shape index (κ3) is 9.34. The van der Waals surface area contributed by atoms with Crippen molar-refractivity contribution in [2.24, 2.45) is 11.1 Å². The molecule has 2 heterocycles. The molecule has 0 spiro atoms. The van der Waals surface area contributed by atoms with Crippen LogP contribution in [-0.2, 0) is 37.6 Å². The smallest absolute Gasteiger partial charge is 0.414 e. The molecule has 4 amide bonds. The average Bonchev–Trinajstić information content (AvgIpc) is 3.43. The topological polar surface area (TPSA) is 199 Å². The zero-order valence-corrected chi connectivity index (χ0v) is 35.1. The van der Waals surface area contributed by atoms with E-state index in [0.717, 1.165) is 11.3 Å². The number of nitrogens with one attached hydrogen (secondary N) is 3. The van der Waals surface area contributed by atoms with Gasteiger partial charge in [-0.25, -0.2) is 9.93 Å². The predicted octanol–water partition coefficient (Wildman–Crippen LogP) is 5.07. The Kier molecular flexibility index (Phi) is 12.2. The molecular formula is C39H52N6O9SSi. The second-order valence-electron chi connectivity index (χ2n) is 16.0. The van der Waals surface area contributed by atoms with Crippen molar-refractivity contribution in [2.75, 3.05) is 28.8 Å². The highest BCUT2D eigenvalue weighted by atomic mass is 32.2. The summed E-state index contributed by atoms with van der Waals surface area (Å²) in [6.45, 7) is 15.4. The lowest BCUT2D eigenvalue weighted by atomic mass is 10.0. The molecule has 17 heteroatoms. The van der Waals surface area contributed by atoms with Gasteiger partial charge in [0.05, 0.1) is 30.9 Å². The Labute approximate surface area is 329 Å². The largest absolute Gasteiger partial charge is 0.541 e. The van der Waals surface area contributed by atoms with Gasteiger partial charge in [0, 0.05) is 17.4 Å². The highest BCUT2D eigenvalue weighted by molar-refractivity contribution is 7.87. The number of carbonyl (C=O) groups is 4. The quantitative estimate of drug-likeness (QED) is 0.181. The standard InChI is InChI=1S/C39H52N6O9SSi/c1-23(2)34(43-55(40,50)51)36(47)41-24(3)35(46)42-27-16-14-25(15-17-27)22-53-38(49)44-21-28-18-26-12-10-11-13-30(26)45(28)37(48)29-19-32(52-7)33(20-31(29)44)54-56(8,9)39(4,5)6/h10-17,19-20,23-24,28,34,43H,18,21-22H2,1-9H3,(H,41,47)(H,42,46)(H2,40,50,51)/t24-,28-,34-/m0/s1. The van der Waals surface area contributed by atoms with Gasteiger partial charge in [-0.1, -0.05) is 65.0 Å². The average molecular weight is 809 g/mol. The van der Waals surface area contributed by atoms with Crippen LogP contribution in [0.5, 0.6) is 11.5 Å². The van der Waals surface area contributed by atoms with Gasteiger partial charge >= 0.3 is 6.09 Å². The van der Waals surface area contributed by atoms with Crippen molar-refractivity contribution in [3.63, 3.8) is 0 Å². The van der Waals surface area contributed by atoms with E-state index in [1.807, 2.05) is 24.3 Å². The molecule has 0 aliphatic carbocycles. The Morgan fingerprint density at radius 1 is 0.964 bits per heavy atom. The first-order chi connectivity index (χ1) is 26.1. The molecule has 3 aromatic carbocycles. The van der Waals surface area contributed by atoms with E-state index >= 15 is 0 Å².